The van der Waals surface area contributed by atoms with Crippen LogP contribution in [-0.4, -0.2) is 61.7 Å². The van der Waals surface area contributed by atoms with Gasteiger partial charge in [0.15, 0.2) is 4.80 Å². The molecule has 1 saturated heterocycles. The summed E-state index contributed by atoms with van der Waals surface area (Å²) in [5.41, 5.74) is 2.15. The highest BCUT2D eigenvalue weighted by Crippen LogP contribution is 2.27. The lowest BCUT2D eigenvalue weighted by Gasteiger charge is -2.34. The molecular formula is C25H30ClN3O5S2. The van der Waals surface area contributed by atoms with Gasteiger partial charge >= 0.3 is 0 Å². The summed E-state index contributed by atoms with van der Waals surface area (Å²) in [5, 5.41) is 0.643. The fourth-order valence-electron chi connectivity index (χ4n) is 4.31. The number of nitrogens with zero attached hydrogens (tertiary/aromatic N) is 3. The summed E-state index contributed by atoms with van der Waals surface area (Å²) in [7, 11) is -3.69. The van der Waals surface area contributed by atoms with Crippen LogP contribution in [0.5, 0.6) is 0 Å². The first-order chi connectivity index (χ1) is 17.1. The largest absolute Gasteiger partial charge is 0.380 e. The van der Waals surface area contributed by atoms with Crippen molar-refractivity contribution in [3.8, 4) is 0 Å². The molecule has 2 heterocycles. The minimum Gasteiger partial charge on any atom is -0.380 e. The number of rotatable bonds is 7. The zero-order valence-corrected chi connectivity index (χ0v) is 23.1. The van der Waals surface area contributed by atoms with Crippen molar-refractivity contribution in [3.05, 3.63) is 57.3 Å². The minimum absolute atomic E-state index is 0.138. The van der Waals surface area contributed by atoms with Crippen molar-refractivity contribution >= 4 is 49.1 Å². The smallest absolute Gasteiger partial charge is 0.279 e. The molecule has 1 amide bonds. The number of benzene rings is 2. The molecule has 2 aromatic carbocycles. The van der Waals surface area contributed by atoms with Gasteiger partial charge in [-0.15, -0.1) is 0 Å². The van der Waals surface area contributed by atoms with Crippen molar-refractivity contribution in [2.24, 2.45) is 4.99 Å². The van der Waals surface area contributed by atoms with Gasteiger partial charge in [0, 0.05) is 36.8 Å². The number of halogens is 1. The van der Waals surface area contributed by atoms with Crippen molar-refractivity contribution in [2.75, 3.05) is 26.3 Å². The van der Waals surface area contributed by atoms with Crippen LogP contribution >= 0.6 is 22.9 Å². The standard InChI is InChI=1S/C25H30ClN3O5S2/c1-5-33-13-12-29-23-18(4)21(26)10-11-22(23)35-25(29)27-24(30)19-6-8-20(9-7-19)36(31,32)28-14-16(2)34-17(3)15-28/h6-11,16-17H,5,12-15H2,1-4H3. The molecule has 0 bridgehead atoms. The molecule has 8 nitrogen and oxygen atoms in total. The van der Waals surface area contributed by atoms with Crippen LogP contribution in [-0.2, 0) is 26.0 Å². The fourth-order valence-corrected chi connectivity index (χ4v) is 7.16. The first-order valence-corrected chi connectivity index (χ1v) is 14.5. The molecule has 0 radical (unpaired) electrons. The third-order valence-electron chi connectivity index (χ3n) is 6.02. The topological polar surface area (TPSA) is 90.2 Å². The van der Waals surface area contributed by atoms with Gasteiger partial charge in [-0.3, -0.25) is 4.79 Å². The van der Waals surface area contributed by atoms with Gasteiger partial charge in [-0.25, -0.2) is 8.42 Å². The van der Waals surface area contributed by atoms with Gasteiger partial charge in [-0.05, 0) is 69.7 Å². The molecule has 4 rings (SSSR count). The predicted molar refractivity (Wildman–Crippen MR) is 141 cm³/mol. The number of sulfonamides is 1. The number of ether oxygens (including phenoxy) is 2. The van der Waals surface area contributed by atoms with Crippen LogP contribution < -0.4 is 4.80 Å². The van der Waals surface area contributed by atoms with Crippen LogP contribution in [0.3, 0.4) is 0 Å². The number of hydrogen-bond donors (Lipinski definition) is 0. The second-order valence-corrected chi connectivity index (χ2v) is 12.1. The minimum atomic E-state index is -3.69. The summed E-state index contributed by atoms with van der Waals surface area (Å²) in [6.07, 6.45) is -0.366. The second kappa shape index (κ2) is 11.1. The molecule has 1 fully saturated rings. The van der Waals surface area contributed by atoms with E-state index in [0.29, 0.717) is 48.2 Å². The molecule has 1 aliphatic rings. The average molecular weight is 552 g/mol. The van der Waals surface area contributed by atoms with E-state index in [1.54, 1.807) is 0 Å². The Morgan fingerprint density at radius 2 is 1.83 bits per heavy atom. The summed E-state index contributed by atoms with van der Waals surface area (Å²) in [6.45, 7) is 9.74. The van der Waals surface area contributed by atoms with Crippen LogP contribution in [0.15, 0.2) is 46.3 Å². The van der Waals surface area contributed by atoms with Crippen molar-refractivity contribution in [1.29, 1.82) is 0 Å². The van der Waals surface area contributed by atoms with E-state index in [9.17, 15) is 13.2 Å². The van der Waals surface area contributed by atoms with Gasteiger partial charge in [-0.2, -0.15) is 9.30 Å². The lowest BCUT2D eigenvalue weighted by Crippen LogP contribution is -2.48. The highest BCUT2D eigenvalue weighted by atomic mass is 35.5. The number of aromatic nitrogens is 1. The van der Waals surface area contributed by atoms with Crippen molar-refractivity contribution in [3.63, 3.8) is 0 Å². The molecule has 1 aliphatic heterocycles. The van der Waals surface area contributed by atoms with Crippen LogP contribution in [0.4, 0.5) is 0 Å². The van der Waals surface area contributed by atoms with E-state index in [1.807, 2.05) is 44.4 Å². The van der Waals surface area contributed by atoms with Crippen LogP contribution in [0.25, 0.3) is 10.2 Å². The number of fused-ring (bicyclic) bond motifs is 1. The van der Waals surface area contributed by atoms with Gasteiger partial charge in [0.25, 0.3) is 5.91 Å². The van der Waals surface area contributed by atoms with Crippen LogP contribution in [0.1, 0.15) is 36.7 Å². The Kier molecular flexibility index (Phi) is 8.33. The quantitative estimate of drug-likeness (QED) is 0.410. The Bertz CT molecular complexity index is 1420. The fraction of sp³-hybridized carbons (Fsp3) is 0.440. The molecule has 0 spiro atoms. The molecule has 2 unspecified atom stereocenters. The molecule has 0 saturated carbocycles. The van der Waals surface area contributed by atoms with Crippen molar-refractivity contribution in [2.45, 2.75) is 51.3 Å². The highest BCUT2D eigenvalue weighted by molar-refractivity contribution is 7.89. The van der Waals surface area contributed by atoms with E-state index >= 15 is 0 Å². The van der Waals surface area contributed by atoms with E-state index in [-0.39, 0.29) is 17.1 Å². The molecule has 0 N–H and O–H groups in total. The number of carbonyl (C=O) groups is 1. The molecule has 1 aromatic heterocycles. The summed E-state index contributed by atoms with van der Waals surface area (Å²) < 4.78 is 41.8. The summed E-state index contributed by atoms with van der Waals surface area (Å²) in [4.78, 5) is 18.1. The normalized spacial score (nSPS) is 19.8. The van der Waals surface area contributed by atoms with Gasteiger partial charge in [0.2, 0.25) is 10.0 Å². The maximum Gasteiger partial charge on any atom is 0.279 e. The van der Waals surface area contributed by atoms with Crippen molar-refractivity contribution in [1.82, 2.24) is 8.87 Å². The molecule has 36 heavy (non-hydrogen) atoms. The van der Waals surface area contributed by atoms with Gasteiger partial charge in [0.05, 0.1) is 33.9 Å². The Morgan fingerprint density at radius 3 is 2.47 bits per heavy atom. The van der Waals surface area contributed by atoms with Gasteiger partial charge < -0.3 is 14.0 Å². The Labute approximate surface area is 220 Å². The van der Waals surface area contributed by atoms with E-state index in [0.717, 1.165) is 15.8 Å². The van der Waals surface area contributed by atoms with Gasteiger partial charge in [-0.1, -0.05) is 22.9 Å². The second-order valence-electron chi connectivity index (χ2n) is 8.77. The van der Waals surface area contributed by atoms with E-state index in [1.165, 1.54) is 39.9 Å². The molecule has 194 valence electrons. The SMILES string of the molecule is CCOCCn1c(=NC(=O)c2ccc(S(=O)(=O)N3CC(C)OC(C)C3)cc2)sc2ccc(Cl)c(C)c21. The summed E-state index contributed by atoms with van der Waals surface area (Å²) in [6, 6.07) is 9.69. The van der Waals surface area contributed by atoms with E-state index in [2.05, 4.69) is 4.99 Å². The Balaban J connectivity index is 1.65. The summed E-state index contributed by atoms with van der Waals surface area (Å²) >= 11 is 7.76. The Morgan fingerprint density at radius 1 is 1.17 bits per heavy atom. The predicted octanol–water partition coefficient (Wildman–Crippen LogP) is 4.24. The lowest BCUT2D eigenvalue weighted by molar-refractivity contribution is -0.0440. The maximum absolute atomic E-state index is 13.1. The van der Waals surface area contributed by atoms with Crippen LogP contribution in [0, 0.1) is 6.92 Å². The van der Waals surface area contributed by atoms with Gasteiger partial charge in [0.1, 0.15) is 0 Å². The molecule has 2 atom stereocenters. The first-order valence-electron chi connectivity index (χ1n) is 11.8. The zero-order chi connectivity index (χ0) is 26.0. The number of aryl methyl sites for hydroxylation is 1. The number of carbonyl (C=O) groups excluding carboxylic acids is 1. The van der Waals surface area contributed by atoms with Crippen molar-refractivity contribution < 1.29 is 22.7 Å². The monoisotopic (exact) mass is 551 g/mol. The number of morpholine rings is 1. The lowest BCUT2D eigenvalue weighted by atomic mass is 10.2. The summed E-state index contributed by atoms with van der Waals surface area (Å²) in [5.74, 6) is -0.451. The van der Waals surface area contributed by atoms with E-state index < -0.39 is 15.9 Å². The molecule has 3 aromatic rings. The number of thiazole rings is 1. The molecule has 0 aliphatic carbocycles. The number of hydrogen-bond acceptors (Lipinski definition) is 6. The third kappa shape index (κ3) is 5.58. The number of amides is 1. The zero-order valence-electron chi connectivity index (χ0n) is 20.7. The Hall–Kier alpha value is -2.08. The molecular weight excluding hydrogens is 522 g/mol. The van der Waals surface area contributed by atoms with Crippen LogP contribution in [0.2, 0.25) is 5.02 Å². The first kappa shape index (κ1) is 27.0. The van der Waals surface area contributed by atoms with E-state index in [4.69, 9.17) is 21.1 Å². The molecule has 11 heteroatoms. The highest BCUT2D eigenvalue weighted by Gasteiger charge is 2.32. The average Bonchev–Trinajstić information content (AvgIpc) is 3.18. The third-order valence-corrected chi connectivity index (χ3v) is 9.31. The maximum atomic E-state index is 13.1.